The molecule has 122 valence electrons. The minimum atomic E-state index is -0.759. The molecule has 0 unspecified atom stereocenters. The number of carbonyl (C=O) groups is 2. The highest BCUT2D eigenvalue weighted by molar-refractivity contribution is 8.00. The van der Waals surface area contributed by atoms with E-state index in [1.54, 1.807) is 11.8 Å². The van der Waals surface area contributed by atoms with E-state index in [4.69, 9.17) is 5.11 Å². The highest BCUT2D eigenvalue weighted by Crippen LogP contribution is 2.26. The molecule has 1 rings (SSSR count). The maximum Gasteiger partial charge on any atom is 0.303 e. The standard InChI is InChI=1S/C15H28N2O3S/c1-15(2,6-3-14(19)20)7-10-17-13(18)11-21-12-4-8-16-9-5-12/h12,16H,3-11H2,1-2H3,(H,17,18)(H,19,20). The number of carboxylic acids is 1. The molecule has 6 heteroatoms. The maximum atomic E-state index is 11.8. The van der Waals surface area contributed by atoms with Gasteiger partial charge >= 0.3 is 5.97 Å². The van der Waals surface area contributed by atoms with Gasteiger partial charge in [0, 0.05) is 18.2 Å². The lowest BCUT2D eigenvalue weighted by atomic mass is 9.84. The Bertz CT molecular complexity index is 342. The molecule has 1 heterocycles. The lowest BCUT2D eigenvalue weighted by molar-refractivity contribution is -0.137. The third-order valence-corrected chi connectivity index (χ3v) is 5.25. The summed E-state index contributed by atoms with van der Waals surface area (Å²) >= 11 is 1.75. The van der Waals surface area contributed by atoms with Crippen LogP contribution in [0.3, 0.4) is 0 Å². The van der Waals surface area contributed by atoms with Gasteiger partial charge in [0.1, 0.15) is 0 Å². The zero-order valence-corrected chi connectivity index (χ0v) is 13.9. The second-order valence-electron chi connectivity index (χ2n) is 6.42. The number of piperidine rings is 1. The van der Waals surface area contributed by atoms with E-state index < -0.39 is 5.97 Å². The Balaban J connectivity index is 2.10. The fourth-order valence-corrected chi connectivity index (χ4v) is 3.38. The Morgan fingerprint density at radius 3 is 2.57 bits per heavy atom. The highest BCUT2D eigenvalue weighted by atomic mass is 32.2. The molecule has 1 fully saturated rings. The number of carbonyl (C=O) groups excluding carboxylic acids is 1. The first kappa shape index (κ1) is 18.3. The summed E-state index contributed by atoms with van der Waals surface area (Å²) in [6, 6.07) is 0. The topological polar surface area (TPSA) is 78.4 Å². The van der Waals surface area contributed by atoms with Gasteiger partial charge in [-0.3, -0.25) is 9.59 Å². The average molecular weight is 316 g/mol. The molecule has 0 bridgehead atoms. The predicted octanol–water partition coefficient (Wildman–Crippen LogP) is 1.87. The molecule has 0 atom stereocenters. The quantitative estimate of drug-likeness (QED) is 0.605. The first-order valence-corrected chi connectivity index (χ1v) is 8.75. The Kier molecular flexibility index (Phi) is 8.11. The number of nitrogens with one attached hydrogen (secondary N) is 2. The Morgan fingerprint density at radius 1 is 1.29 bits per heavy atom. The number of amides is 1. The van der Waals surface area contributed by atoms with E-state index >= 15 is 0 Å². The van der Waals surface area contributed by atoms with Crippen LogP contribution >= 0.6 is 11.8 Å². The van der Waals surface area contributed by atoms with E-state index in [1.165, 1.54) is 0 Å². The first-order valence-electron chi connectivity index (χ1n) is 7.70. The van der Waals surface area contributed by atoms with Crippen LogP contribution in [0.25, 0.3) is 0 Å². The summed E-state index contributed by atoms with van der Waals surface area (Å²) in [7, 11) is 0. The number of hydrogen-bond donors (Lipinski definition) is 3. The molecule has 1 aliphatic heterocycles. The van der Waals surface area contributed by atoms with E-state index in [2.05, 4.69) is 10.6 Å². The van der Waals surface area contributed by atoms with Crippen LogP contribution in [0.4, 0.5) is 0 Å². The van der Waals surface area contributed by atoms with Gasteiger partial charge in [0.25, 0.3) is 0 Å². The minimum Gasteiger partial charge on any atom is -0.481 e. The van der Waals surface area contributed by atoms with Gasteiger partial charge in [0.2, 0.25) is 5.91 Å². The molecular weight excluding hydrogens is 288 g/mol. The number of carboxylic acid groups (broad SMARTS) is 1. The van der Waals surface area contributed by atoms with Crippen LogP contribution in [0.5, 0.6) is 0 Å². The van der Waals surface area contributed by atoms with Crippen molar-refractivity contribution >= 4 is 23.6 Å². The summed E-state index contributed by atoms with van der Waals surface area (Å²) in [5, 5.41) is 15.6. The number of hydrogen-bond acceptors (Lipinski definition) is 4. The molecule has 0 spiro atoms. The van der Waals surface area contributed by atoms with Gasteiger partial charge in [-0.25, -0.2) is 0 Å². The van der Waals surface area contributed by atoms with Gasteiger partial charge < -0.3 is 15.7 Å². The Labute approximate surface area is 131 Å². The zero-order valence-electron chi connectivity index (χ0n) is 13.1. The van der Waals surface area contributed by atoms with Gasteiger partial charge in [-0.2, -0.15) is 0 Å². The highest BCUT2D eigenvalue weighted by Gasteiger charge is 2.19. The maximum absolute atomic E-state index is 11.8. The molecule has 3 N–H and O–H groups in total. The zero-order chi connectivity index (χ0) is 15.7. The minimum absolute atomic E-state index is 0.0478. The second kappa shape index (κ2) is 9.30. The van der Waals surface area contributed by atoms with Crippen molar-refractivity contribution in [2.45, 2.75) is 51.2 Å². The van der Waals surface area contributed by atoms with Gasteiger partial charge in [0.15, 0.2) is 0 Å². The summed E-state index contributed by atoms with van der Waals surface area (Å²) in [6.45, 7) is 6.82. The van der Waals surface area contributed by atoms with Crippen molar-refractivity contribution in [3.05, 3.63) is 0 Å². The second-order valence-corrected chi connectivity index (χ2v) is 7.71. The molecule has 0 aromatic rings. The monoisotopic (exact) mass is 316 g/mol. The number of aliphatic carboxylic acids is 1. The van der Waals surface area contributed by atoms with Crippen LogP contribution < -0.4 is 10.6 Å². The van der Waals surface area contributed by atoms with Gasteiger partial charge in [0.05, 0.1) is 5.75 Å². The summed E-state index contributed by atoms with van der Waals surface area (Å²) in [6.07, 6.45) is 3.92. The smallest absolute Gasteiger partial charge is 0.303 e. The van der Waals surface area contributed by atoms with E-state index in [1.807, 2.05) is 13.8 Å². The largest absolute Gasteiger partial charge is 0.481 e. The van der Waals surface area contributed by atoms with E-state index in [9.17, 15) is 9.59 Å². The number of rotatable bonds is 9. The van der Waals surface area contributed by atoms with Crippen LogP contribution in [0.15, 0.2) is 0 Å². The summed E-state index contributed by atoms with van der Waals surface area (Å²) in [4.78, 5) is 22.4. The van der Waals surface area contributed by atoms with Crippen LogP contribution in [-0.2, 0) is 9.59 Å². The van der Waals surface area contributed by atoms with E-state index in [0.717, 1.165) is 32.4 Å². The van der Waals surface area contributed by atoms with Crippen LogP contribution in [0, 0.1) is 5.41 Å². The van der Waals surface area contributed by atoms with E-state index in [-0.39, 0.29) is 17.7 Å². The third-order valence-electron chi connectivity index (χ3n) is 3.88. The summed E-state index contributed by atoms with van der Waals surface area (Å²) in [5.41, 5.74) is -0.0478. The fourth-order valence-electron chi connectivity index (χ4n) is 2.32. The molecule has 0 aromatic carbocycles. The van der Waals surface area contributed by atoms with Crippen molar-refractivity contribution in [3.8, 4) is 0 Å². The Hall–Kier alpha value is -0.750. The number of thioether (sulfide) groups is 1. The van der Waals surface area contributed by atoms with E-state index in [0.29, 0.717) is 24.0 Å². The van der Waals surface area contributed by atoms with Crippen LogP contribution in [-0.4, -0.2) is 47.6 Å². The molecule has 0 saturated carbocycles. The van der Waals surface area contributed by atoms with Crippen molar-refractivity contribution in [3.63, 3.8) is 0 Å². The Morgan fingerprint density at radius 2 is 1.95 bits per heavy atom. The van der Waals surface area contributed by atoms with Crippen LogP contribution in [0.1, 0.15) is 46.0 Å². The normalized spacial score (nSPS) is 16.7. The average Bonchev–Trinajstić information content (AvgIpc) is 2.44. The van der Waals surface area contributed by atoms with Gasteiger partial charge in [-0.15, -0.1) is 11.8 Å². The van der Waals surface area contributed by atoms with Crippen molar-refractivity contribution in [1.29, 1.82) is 0 Å². The summed E-state index contributed by atoms with van der Waals surface area (Å²) in [5.74, 6) is -0.140. The SMILES string of the molecule is CC(C)(CCNC(=O)CSC1CCNCC1)CCC(=O)O. The summed E-state index contributed by atoms with van der Waals surface area (Å²) < 4.78 is 0. The van der Waals surface area contributed by atoms with Gasteiger partial charge in [-0.1, -0.05) is 13.8 Å². The molecule has 1 saturated heterocycles. The first-order chi connectivity index (χ1) is 9.89. The van der Waals surface area contributed by atoms with Crippen LogP contribution in [0.2, 0.25) is 0 Å². The fraction of sp³-hybridized carbons (Fsp3) is 0.867. The third kappa shape index (κ3) is 8.98. The van der Waals surface area contributed by atoms with Crippen molar-refractivity contribution in [1.82, 2.24) is 10.6 Å². The lowest BCUT2D eigenvalue weighted by Crippen LogP contribution is -2.32. The predicted molar refractivity (Wildman–Crippen MR) is 86.6 cm³/mol. The molecule has 0 radical (unpaired) electrons. The van der Waals surface area contributed by atoms with Crippen molar-refractivity contribution in [2.75, 3.05) is 25.4 Å². The molecule has 0 aromatic heterocycles. The molecular formula is C15H28N2O3S. The lowest BCUT2D eigenvalue weighted by Gasteiger charge is -2.24. The van der Waals surface area contributed by atoms with Crippen molar-refractivity contribution < 1.29 is 14.7 Å². The molecule has 0 aliphatic carbocycles. The molecule has 21 heavy (non-hydrogen) atoms. The molecule has 1 aliphatic rings. The molecule has 1 amide bonds. The van der Waals surface area contributed by atoms with Crippen molar-refractivity contribution in [2.24, 2.45) is 5.41 Å². The molecule has 5 nitrogen and oxygen atoms in total. The van der Waals surface area contributed by atoms with Gasteiger partial charge in [-0.05, 0) is 44.2 Å².